The molecule has 0 spiro atoms. The molecule has 1 aliphatic heterocycles. The zero-order chi connectivity index (χ0) is 27.9. The molecule has 208 valence electrons. The number of nitrogens with zero attached hydrogens (tertiary/aromatic N) is 3. The second-order valence-electron chi connectivity index (χ2n) is 9.50. The molecule has 0 unspecified atom stereocenters. The number of para-hydroxylation sites is 1. The van der Waals surface area contributed by atoms with Crippen LogP contribution in [0.15, 0.2) is 72.1 Å². The fourth-order valence-corrected chi connectivity index (χ4v) is 5.66. The quantitative estimate of drug-likeness (QED) is 0.291. The normalized spacial score (nSPS) is 13.1. The predicted molar refractivity (Wildman–Crippen MR) is 159 cm³/mol. The van der Waals surface area contributed by atoms with Crippen molar-refractivity contribution in [3.63, 3.8) is 0 Å². The summed E-state index contributed by atoms with van der Waals surface area (Å²) in [6.45, 7) is 4.30. The lowest BCUT2D eigenvalue weighted by Gasteiger charge is -2.27. The van der Waals surface area contributed by atoms with Crippen molar-refractivity contribution >= 4 is 22.4 Å². The van der Waals surface area contributed by atoms with Crippen molar-refractivity contribution in [2.45, 2.75) is 13.1 Å². The third-order valence-electron chi connectivity index (χ3n) is 6.95. The Kier molecular flexibility index (Phi) is 8.83. The number of piperazine rings is 1. The Balaban J connectivity index is 1.43. The Morgan fingerprint density at radius 2 is 1.73 bits per heavy atom. The summed E-state index contributed by atoms with van der Waals surface area (Å²) in [6, 6.07) is 21.7. The van der Waals surface area contributed by atoms with Gasteiger partial charge < -0.3 is 29.3 Å². The molecule has 1 fully saturated rings. The van der Waals surface area contributed by atoms with Gasteiger partial charge in [-0.1, -0.05) is 36.4 Å². The largest absolute Gasteiger partial charge is 0.497 e. The third-order valence-corrected chi connectivity index (χ3v) is 7.85. The van der Waals surface area contributed by atoms with Crippen LogP contribution in [0.5, 0.6) is 17.2 Å². The first-order chi connectivity index (χ1) is 19.6. The van der Waals surface area contributed by atoms with Gasteiger partial charge in [-0.25, -0.2) is 4.98 Å². The van der Waals surface area contributed by atoms with Gasteiger partial charge in [0.15, 0.2) is 16.6 Å². The number of aromatic nitrogens is 1. The zero-order valence-corrected chi connectivity index (χ0v) is 23.9. The second-order valence-corrected chi connectivity index (χ2v) is 10.3. The number of thiazole rings is 1. The highest BCUT2D eigenvalue weighted by molar-refractivity contribution is 7.14. The maximum atomic E-state index is 13.0. The first-order valence-electron chi connectivity index (χ1n) is 13.2. The van der Waals surface area contributed by atoms with E-state index in [1.54, 1.807) is 32.7 Å². The van der Waals surface area contributed by atoms with E-state index >= 15 is 0 Å². The minimum atomic E-state index is 0.0777. The number of benzene rings is 3. The van der Waals surface area contributed by atoms with E-state index in [1.165, 1.54) is 0 Å². The van der Waals surface area contributed by atoms with E-state index in [4.69, 9.17) is 19.2 Å². The Morgan fingerprint density at radius 1 is 0.950 bits per heavy atom. The molecule has 1 amide bonds. The van der Waals surface area contributed by atoms with Crippen molar-refractivity contribution < 1.29 is 19.0 Å². The SMILES string of the molecule is COc1cccc(-c2csc(N(Cc3ccc(C(=O)N4CCNCC4)cc3)Cc3cccc(OC)c3OC)n2)c1. The monoisotopic (exact) mass is 558 g/mol. The molecule has 0 radical (unpaired) electrons. The van der Waals surface area contributed by atoms with E-state index in [2.05, 4.69) is 15.6 Å². The van der Waals surface area contributed by atoms with Gasteiger partial charge in [0, 0.05) is 61.3 Å². The van der Waals surface area contributed by atoms with Gasteiger partial charge in [0.05, 0.1) is 27.0 Å². The van der Waals surface area contributed by atoms with Crippen molar-refractivity contribution in [2.75, 3.05) is 52.4 Å². The van der Waals surface area contributed by atoms with Crippen molar-refractivity contribution in [1.82, 2.24) is 15.2 Å². The van der Waals surface area contributed by atoms with Gasteiger partial charge in [0.25, 0.3) is 5.91 Å². The summed E-state index contributed by atoms with van der Waals surface area (Å²) >= 11 is 1.59. The van der Waals surface area contributed by atoms with Crippen LogP contribution in [0.1, 0.15) is 21.5 Å². The molecule has 3 aromatic carbocycles. The van der Waals surface area contributed by atoms with Gasteiger partial charge in [-0.05, 0) is 35.9 Å². The molecular formula is C31H34N4O4S. The number of ether oxygens (including phenoxy) is 3. The predicted octanol–water partition coefficient (Wildman–Crippen LogP) is 5.09. The van der Waals surface area contributed by atoms with Gasteiger partial charge in [0.1, 0.15) is 5.75 Å². The summed E-state index contributed by atoms with van der Waals surface area (Å²) in [5.41, 5.74) is 4.67. The van der Waals surface area contributed by atoms with Crippen molar-refractivity contribution in [1.29, 1.82) is 0 Å². The van der Waals surface area contributed by atoms with Crippen LogP contribution in [-0.4, -0.2) is 63.3 Å². The molecule has 2 heterocycles. The lowest BCUT2D eigenvalue weighted by Crippen LogP contribution is -2.46. The average Bonchev–Trinajstić information content (AvgIpc) is 3.51. The molecule has 0 bridgehead atoms. The number of anilines is 1. The summed E-state index contributed by atoms with van der Waals surface area (Å²) < 4.78 is 16.7. The minimum absolute atomic E-state index is 0.0777. The van der Waals surface area contributed by atoms with E-state index in [0.717, 1.165) is 59.4 Å². The number of hydrogen-bond acceptors (Lipinski definition) is 8. The number of methoxy groups -OCH3 is 3. The molecule has 0 saturated carbocycles. The Labute approximate surface area is 239 Å². The summed E-state index contributed by atoms with van der Waals surface area (Å²) in [5, 5.41) is 6.24. The third kappa shape index (κ3) is 6.21. The number of nitrogens with one attached hydrogen (secondary N) is 1. The molecule has 1 saturated heterocycles. The second kappa shape index (κ2) is 12.8. The van der Waals surface area contributed by atoms with Crippen molar-refractivity contribution in [2.24, 2.45) is 0 Å². The summed E-state index contributed by atoms with van der Waals surface area (Å²) in [6.07, 6.45) is 0. The number of hydrogen-bond donors (Lipinski definition) is 1. The first-order valence-corrected chi connectivity index (χ1v) is 14.1. The maximum Gasteiger partial charge on any atom is 0.253 e. The maximum absolute atomic E-state index is 13.0. The van der Waals surface area contributed by atoms with Crippen molar-refractivity contribution in [3.8, 4) is 28.5 Å². The number of rotatable bonds is 10. The van der Waals surface area contributed by atoms with Crippen LogP contribution in [0, 0.1) is 0 Å². The van der Waals surface area contributed by atoms with E-state index in [0.29, 0.717) is 30.2 Å². The summed E-state index contributed by atoms with van der Waals surface area (Å²) in [4.78, 5) is 22.1. The van der Waals surface area contributed by atoms with E-state index < -0.39 is 0 Å². The molecule has 0 aliphatic carbocycles. The summed E-state index contributed by atoms with van der Waals surface area (Å²) in [5.74, 6) is 2.26. The van der Waals surface area contributed by atoms with Crippen LogP contribution in [-0.2, 0) is 13.1 Å². The van der Waals surface area contributed by atoms with Crippen LogP contribution in [0.2, 0.25) is 0 Å². The van der Waals surface area contributed by atoms with Gasteiger partial charge in [-0.2, -0.15) is 0 Å². The fourth-order valence-electron chi connectivity index (χ4n) is 4.82. The fraction of sp³-hybridized carbons (Fsp3) is 0.290. The molecule has 1 N–H and O–H groups in total. The molecule has 8 nitrogen and oxygen atoms in total. The molecular weight excluding hydrogens is 524 g/mol. The molecule has 1 aliphatic rings. The van der Waals surface area contributed by atoms with Gasteiger partial charge >= 0.3 is 0 Å². The van der Waals surface area contributed by atoms with Crippen LogP contribution in [0.3, 0.4) is 0 Å². The highest BCUT2D eigenvalue weighted by Gasteiger charge is 2.20. The van der Waals surface area contributed by atoms with Crippen LogP contribution in [0.4, 0.5) is 5.13 Å². The highest BCUT2D eigenvalue weighted by Crippen LogP contribution is 2.35. The molecule has 4 aromatic rings. The van der Waals surface area contributed by atoms with Crippen LogP contribution >= 0.6 is 11.3 Å². The number of carbonyl (C=O) groups is 1. The first kappa shape index (κ1) is 27.5. The zero-order valence-electron chi connectivity index (χ0n) is 23.1. The topological polar surface area (TPSA) is 76.2 Å². The Bertz CT molecular complexity index is 1430. The Hall–Kier alpha value is -4.08. The Morgan fingerprint density at radius 3 is 2.45 bits per heavy atom. The van der Waals surface area contributed by atoms with E-state index in [-0.39, 0.29) is 5.91 Å². The highest BCUT2D eigenvalue weighted by atomic mass is 32.1. The van der Waals surface area contributed by atoms with Crippen LogP contribution < -0.4 is 24.4 Å². The van der Waals surface area contributed by atoms with E-state index in [9.17, 15) is 4.79 Å². The molecule has 1 aromatic heterocycles. The standard InChI is InChI=1S/C31H34N4O4S/c1-37-26-8-4-6-24(18-26)27-21-40-31(33-27)35(20-25-7-5-9-28(38-2)29(25)39-3)19-22-10-12-23(13-11-22)30(36)34-16-14-32-15-17-34/h4-13,18,21,32H,14-17,19-20H2,1-3H3. The van der Waals surface area contributed by atoms with Gasteiger partial charge in [-0.3, -0.25) is 4.79 Å². The number of carbonyl (C=O) groups excluding carboxylic acids is 1. The molecule has 9 heteroatoms. The van der Waals surface area contributed by atoms with Crippen molar-refractivity contribution in [3.05, 3.63) is 88.8 Å². The van der Waals surface area contributed by atoms with Gasteiger partial charge in [-0.15, -0.1) is 11.3 Å². The lowest BCUT2D eigenvalue weighted by molar-refractivity contribution is 0.0736. The van der Waals surface area contributed by atoms with E-state index in [1.807, 2.05) is 71.6 Å². The van der Waals surface area contributed by atoms with Crippen LogP contribution in [0.25, 0.3) is 11.3 Å². The molecule has 0 atom stereocenters. The molecule has 5 rings (SSSR count). The molecule has 40 heavy (non-hydrogen) atoms. The number of amides is 1. The minimum Gasteiger partial charge on any atom is -0.497 e. The smallest absolute Gasteiger partial charge is 0.253 e. The average molecular weight is 559 g/mol. The lowest BCUT2D eigenvalue weighted by atomic mass is 10.1. The summed E-state index contributed by atoms with van der Waals surface area (Å²) in [7, 11) is 4.96. The van der Waals surface area contributed by atoms with Gasteiger partial charge in [0.2, 0.25) is 0 Å².